The van der Waals surface area contributed by atoms with E-state index in [4.69, 9.17) is 6.42 Å². The fraction of sp³-hybridized carbons (Fsp3) is 0.214. The molecule has 0 atom stereocenters. The first kappa shape index (κ1) is 9.73. The predicted molar refractivity (Wildman–Crippen MR) is 63.8 cm³/mol. The fourth-order valence-electron chi connectivity index (χ4n) is 1.78. The first-order chi connectivity index (χ1) is 7.22. The highest BCUT2D eigenvalue weighted by molar-refractivity contribution is 5.86. The summed E-state index contributed by atoms with van der Waals surface area (Å²) in [6, 6.07) is 8.27. The third-order valence-corrected chi connectivity index (χ3v) is 2.57. The van der Waals surface area contributed by atoms with Crippen molar-refractivity contribution < 1.29 is 0 Å². The highest BCUT2D eigenvalue weighted by Crippen LogP contribution is 2.25. The van der Waals surface area contributed by atoms with Gasteiger partial charge in [0, 0.05) is 11.6 Å². The maximum atomic E-state index is 5.35. The monoisotopic (exact) mass is 195 g/mol. The number of pyridine rings is 1. The molecule has 0 fully saturated rings. The van der Waals surface area contributed by atoms with Gasteiger partial charge in [-0.05, 0) is 22.9 Å². The van der Waals surface area contributed by atoms with E-state index in [1.54, 1.807) is 0 Å². The molecule has 0 radical (unpaired) electrons. The molecule has 0 aliphatic carbocycles. The molecule has 0 N–H and O–H groups in total. The normalized spacial score (nSPS) is 10.5. The van der Waals surface area contributed by atoms with Gasteiger partial charge in [0.1, 0.15) is 5.69 Å². The number of nitrogens with zero attached hydrogens (tertiary/aromatic N) is 1. The van der Waals surface area contributed by atoms with Crippen LogP contribution in [-0.2, 0) is 0 Å². The van der Waals surface area contributed by atoms with Crippen LogP contribution in [0.2, 0.25) is 0 Å². The minimum Gasteiger partial charge on any atom is -0.247 e. The third kappa shape index (κ3) is 1.71. The summed E-state index contributed by atoms with van der Waals surface area (Å²) < 4.78 is 0. The van der Waals surface area contributed by atoms with Gasteiger partial charge in [-0.15, -0.1) is 6.42 Å². The van der Waals surface area contributed by atoms with Crippen LogP contribution < -0.4 is 0 Å². The quantitative estimate of drug-likeness (QED) is 0.636. The third-order valence-electron chi connectivity index (χ3n) is 2.57. The predicted octanol–water partition coefficient (Wildman–Crippen LogP) is 3.34. The van der Waals surface area contributed by atoms with E-state index in [0.29, 0.717) is 11.6 Å². The van der Waals surface area contributed by atoms with Crippen LogP contribution in [0.25, 0.3) is 10.8 Å². The minimum atomic E-state index is 0.502. The topological polar surface area (TPSA) is 12.9 Å². The molecule has 0 unspecified atom stereocenters. The standard InChI is InChI=1S/C14H13N/c1-4-12-8-14-11(9-15-12)6-5-7-13(14)10(2)3/h1,5-10H,2-3H3. The van der Waals surface area contributed by atoms with Crippen LogP contribution in [0.4, 0.5) is 0 Å². The number of benzene rings is 1. The molecule has 0 spiro atoms. The van der Waals surface area contributed by atoms with Gasteiger partial charge in [0.25, 0.3) is 0 Å². The summed E-state index contributed by atoms with van der Waals surface area (Å²) in [4.78, 5) is 4.19. The van der Waals surface area contributed by atoms with Gasteiger partial charge in [0.05, 0.1) is 0 Å². The van der Waals surface area contributed by atoms with Gasteiger partial charge in [-0.3, -0.25) is 0 Å². The number of hydrogen-bond acceptors (Lipinski definition) is 1. The van der Waals surface area contributed by atoms with E-state index in [-0.39, 0.29) is 0 Å². The van der Waals surface area contributed by atoms with Crippen LogP contribution in [0.3, 0.4) is 0 Å². The van der Waals surface area contributed by atoms with Gasteiger partial charge in [-0.25, -0.2) is 4.98 Å². The first-order valence-corrected chi connectivity index (χ1v) is 5.07. The summed E-state index contributed by atoms with van der Waals surface area (Å²) in [7, 11) is 0. The van der Waals surface area contributed by atoms with E-state index in [1.807, 2.05) is 12.3 Å². The summed E-state index contributed by atoms with van der Waals surface area (Å²) in [5.41, 5.74) is 2.03. The van der Waals surface area contributed by atoms with Crippen molar-refractivity contribution in [3.8, 4) is 12.3 Å². The molecule has 1 nitrogen and oxygen atoms in total. The second kappa shape index (κ2) is 3.74. The summed E-state index contributed by atoms with van der Waals surface area (Å²) in [5, 5.41) is 2.37. The Morgan fingerprint density at radius 3 is 2.80 bits per heavy atom. The Kier molecular flexibility index (Phi) is 2.43. The molecule has 1 aromatic heterocycles. The average Bonchev–Trinajstić information content (AvgIpc) is 2.27. The first-order valence-electron chi connectivity index (χ1n) is 5.07. The largest absolute Gasteiger partial charge is 0.247 e. The Bertz CT molecular complexity index is 533. The van der Waals surface area contributed by atoms with Crippen molar-refractivity contribution in [3.05, 3.63) is 41.7 Å². The molecule has 0 saturated heterocycles. The number of rotatable bonds is 1. The van der Waals surface area contributed by atoms with Gasteiger partial charge in [0.15, 0.2) is 0 Å². The van der Waals surface area contributed by atoms with E-state index in [9.17, 15) is 0 Å². The van der Waals surface area contributed by atoms with Gasteiger partial charge in [0.2, 0.25) is 0 Å². The second-order valence-corrected chi connectivity index (χ2v) is 3.94. The van der Waals surface area contributed by atoms with Crippen LogP contribution in [-0.4, -0.2) is 4.98 Å². The SMILES string of the molecule is C#Cc1cc2c(C(C)C)cccc2cn1. The van der Waals surface area contributed by atoms with E-state index in [2.05, 4.69) is 43.0 Å². The molecule has 0 saturated carbocycles. The molecule has 74 valence electrons. The molecule has 0 aliphatic rings. The highest BCUT2D eigenvalue weighted by Gasteiger charge is 2.05. The molecule has 0 amide bonds. The van der Waals surface area contributed by atoms with Gasteiger partial charge in [-0.2, -0.15) is 0 Å². The maximum Gasteiger partial charge on any atom is 0.113 e. The lowest BCUT2D eigenvalue weighted by atomic mass is 9.97. The molecule has 2 aromatic rings. The number of aromatic nitrogens is 1. The van der Waals surface area contributed by atoms with Crippen molar-refractivity contribution in [3.63, 3.8) is 0 Å². The van der Waals surface area contributed by atoms with Crippen molar-refractivity contribution >= 4 is 10.8 Å². The Balaban J connectivity index is 2.77. The fourth-order valence-corrected chi connectivity index (χ4v) is 1.78. The van der Waals surface area contributed by atoms with Crippen LogP contribution in [0.15, 0.2) is 30.5 Å². The molecular weight excluding hydrogens is 182 g/mol. The summed E-state index contributed by atoms with van der Waals surface area (Å²) in [5.74, 6) is 3.08. The van der Waals surface area contributed by atoms with Crippen LogP contribution in [0.1, 0.15) is 31.0 Å². The Hall–Kier alpha value is -1.81. The van der Waals surface area contributed by atoms with E-state index in [0.717, 1.165) is 5.39 Å². The summed E-state index contributed by atoms with van der Waals surface area (Å²) in [6.45, 7) is 4.37. The van der Waals surface area contributed by atoms with Gasteiger partial charge >= 0.3 is 0 Å². The molecule has 1 heteroatoms. The maximum absolute atomic E-state index is 5.35. The molecular formula is C14H13N. The van der Waals surface area contributed by atoms with Crippen LogP contribution >= 0.6 is 0 Å². The van der Waals surface area contributed by atoms with Crippen LogP contribution in [0.5, 0.6) is 0 Å². The minimum absolute atomic E-state index is 0.502. The molecule has 1 heterocycles. The molecule has 0 aliphatic heterocycles. The number of terminal acetylenes is 1. The smallest absolute Gasteiger partial charge is 0.113 e. The van der Waals surface area contributed by atoms with Crippen molar-refractivity contribution in [2.24, 2.45) is 0 Å². The Morgan fingerprint density at radius 2 is 2.13 bits per heavy atom. The molecule has 15 heavy (non-hydrogen) atoms. The van der Waals surface area contributed by atoms with Crippen LogP contribution in [0, 0.1) is 12.3 Å². The molecule has 0 bridgehead atoms. The Labute approximate surface area is 90.2 Å². The second-order valence-electron chi connectivity index (χ2n) is 3.94. The van der Waals surface area contributed by atoms with Crippen molar-refractivity contribution in [2.45, 2.75) is 19.8 Å². The van der Waals surface area contributed by atoms with Gasteiger partial charge < -0.3 is 0 Å². The zero-order chi connectivity index (χ0) is 10.8. The van der Waals surface area contributed by atoms with E-state index >= 15 is 0 Å². The van der Waals surface area contributed by atoms with E-state index < -0.39 is 0 Å². The van der Waals surface area contributed by atoms with Gasteiger partial charge in [-0.1, -0.05) is 38.0 Å². The summed E-state index contributed by atoms with van der Waals surface area (Å²) >= 11 is 0. The number of fused-ring (bicyclic) bond motifs is 1. The van der Waals surface area contributed by atoms with Crippen molar-refractivity contribution in [1.82, 2.24) is 4.98 Å². The lowest BCUT2D eigenvalue weighted by molar-refractivity contribution is 0.876. The molecule has 1 aromatic carbocycles. The zero-order valence-corrected chi connectivity index (χ0v) is 8.99. The highest BCUT2D eigenvalue weighted by atomic mass is 14.7. The zero-order valence-electron chi connectivity index (χ0n) is 8.99. The lowest BCUT2D eigenvalue weighted by Gasteiger charge is -2.09. The van der Waals surface area contributed by atoms with Crippen molar-refractivity contribution in [2.75, 3.05) is 0 Å². The number of hydrogen-bond donors (Lipinski definition) is 0. The van der Waals surface area contributed by atoms with E-state index in [1.165, 1.54) is 10.9 Å². The average molecular weight is 195 g/mol. The lowest BCUT2D eigenvalue weighted by Crippen LogP contribution is -1.91. The molecule has 2 rings (SSSR count). The van der Waals surface area contributed by atoms with Crippen molar-refractivity contribution in [1.29, 1.82) is 0 Å². The summed E-state index contributed by atoms with van der Waals surface area (Å²) in [6.07, 6.45) is 7.20. The Morgan fingerprint density at radius 1 is 1.33 bits per heavy atom.